The number of carbonyl (C=O) groups is 1. The Morgan fingerprint density at radius 1 is 1.43 bits per heavy atom. The van der Waals surface area contributed by atoms with E-state index in [9.17, 15) is 4.79 Å². The number of ether oxygens (including phenoxy) is 1. The molecule has 0 aliphatic heterocycles. The second kappa shape index (κ2) is 5.24. The highest BCUT2D eigenvalue weighted by Crippen LogP contribution is 2.11. The molecule has 0 saturated carbocycles. The number of para-hydroxylation sites is 1. The molecule has 0 heterocycles. The highest BCUT2D eigenvalue weighted by Gasteiger charge is 2.09. The molecule has 0 amide bonds. The lowest BCUT2D eigenvalue weighted by atomic mass is 10.2. The van der Waals surface area contributed by atoms with Gasteiger partial charge in [0.05, 0.1) is 12.2 Å². The Morgan fingerprint density at radius 2 is 2.14 bits per heavy atom. The number of aliphatic hydroxyl groups is 1. The van der Waals surface area contributed by atoms with Crippen LogP contribution >= 0.6 is 0 Å². The van der Waals surface area contributed by atoms with Crippen LogP contribution < -0.4 is 5.73 Å². The monoisotopic (exact) mass is 195 g/mol. The Kier molecular flexibility index (Phi) is 3.94. The average molecular weight is 195 g/mol. The molecule has 1 aromatic rings. The average Bonchev–Trinajstić information content (AvgIpc) is 2.18. The summed E-state index contributed by atoms with van der Waals surface area (Å²) < 4.78 is 4.87. The maximum atomic E-state index is 11.4. The second-order valence-corrected chi connectivity index (χ2v) is 2.80. The van der Waals surface area contributed by atoms with Gasteiger partial charge in [0.15, 0.2) is 0 Å². The molecule has 0 atom stereocenters. The summed E-state index contributed by atoms with van der Waals surface area (Å²) in [4.78, 5) is 11.4. The first-order chi connectivity index (χ1) is 6.75. The van der Waals surface area contributed by atoms with Gasteiger partial charge in [0.2, 0.25) is 0 Å². The molecule has 76 valence electrons. The molecule has 0 aromatic heterocycles. The molecule has 4 nitrogen and oxygen atoms in total. The van der Waals surface area contributed by atoms with Gasteiger partial charge < -0.3 is 15.6 Å². The van der Waals surface area contributed by atoms with Crippen LogP contribution in [0.1, 0.15) is 16.8 Å². The Bertz CT molecular complexity index is 312. The molecule has 0 radical (unpaired) electrons. The van der Waals surface area contributed by atoms with Crippen LogP contribution in [0.5, 0.6) is 0 Å². The van der Waals surface area contributed by atoms with Crippen LogP contribution in [0.15, 0.2) is 24.3 Å². The number of aliphatic hydroxyl groups excluding tert-OH is 1. The number of nitrogens with two attached hydrogens (primary N) is 1. The summed E-state index contributed by atoms with van der Waals surface area (Å²) in [6, 6.07) is 6.72. The van der Waals surface area contributed by atoms with Gasteiger partial charge in [-0.15, -0.1) is 0 Å². The predicted molar refractivity (Wildman–Crippen MR) is 52.8 cm³/mol. The Labute approximate surface area is 82.3 Å². The smallest absolute Gasteiger partial charge is 0.340 e. The zero-order valence-corrected chi connectivity index (χ0v) is 7.77. The van der Waals surface area contributed by atoms with E-state index in [-0.39, 0.29) is 13.2 Å². The van der Waals surface area contributed by atoms with Crippen molar-refractivity contribution in [1.82, 2.24) is 0 Å². The van der Waals surface area contributed by atoms with E-state index in [1.807, 2.05) is 0 Å². The molecule has 0 fully saturated rings. The highest BCUT2D eigenvalue weighted by molar-refractivity contribution is 5.94. The van der Waals surface area contributed by atoms with Gasteiger partial charge in [-0.2, -0.15) is 0 Å². The number of hydrogen-bond acceptors (Lipinski definition) is 4. The van der Waals surface area contributed by atoms with Crippen molar-refractivity contribution in [1.29, 1.82) is 0 Å². The molecule has 0 unspecified atom stereocenters. The standard InChI is InChI=1S/C10H13NO3/c11-9-5-2-1-4-8(9)10(13)14-7-3-6-12/h1-2,4-5,12H,3,6-7,11H2. The van der Waals surface area contributed by atoms with Crippen LogP contribution in [0.4, 0.5) is 5.69 Å². The van der Waals surface area contributed by atoms with E-state index in [2.05, 4.69) is 0 Å². The van der Waals surface area contributed by atoms with Gasteiger partial charge in [0.1, 0.15) is 0 Å². The predicted octanol–water partition coefficient (Wildman–Crippen LogP) is 0.808. The SMILES string of the molecule is Nc1ccccc1C(=O)OCCCO. The van der Waals surface area contributed by atoms with Gasteiger partial charge in [0.25, 0.3) is 0 Å². The number of esters is 1. The molecule has 4 heteroatoms. The second-order valence-electron chi connectivity index (χ2n) is 2.80. The zero-order chi connectivity index (χ0) is 10.4. The summed E-state index contributed by atoms with van der Waals surface area (Å²) in [5.41, 5.74) is 6.35. The molecule has 0 aliphatic carbocycles. The maximum absolute atomic E-state index is 11.4. The third-order valence-corrected chi connectivity index (χ3v) is 1.72. The summed E-state index contributed by atoms with van der Waals surface area (Å²) in [6.45, 7) is 0.223. The Hall–Kier alpha value is -1.55. The van der Waals surface area contributed by atoms with Crippen molar-refractivity contribution in [2.75, 3.05) is 18.9 Å². The maximum Gasteiger partial charge on any atom is 0.340 e. The topological polar surface area (TPSA) is 72.6 Å². The molecular weight excluding hydrogens is 182 g/mol. The van der Waals surface area contributed by atoms with E-state index in [4.69, 9.17) is 15.6 Å². The van der Waals surface area contributed by atoms with Crippen LogP contribution in [-0.4, -0.2) is 24.3 Å². The number of nitrogen functional groups attached to an aromatic ring is 1. The molecule has 1 aromatic carbocycles. The number of anilines is 1. The first-order valence-corrected chi connectivity index (χ1v) is 4.38. The lowest BCUT2D eigenvalue weighted by Crippen LogP contribution is -2.09. The van der Waals surface area contributed by atoms with Crippen LogP contribution in [0, 0.1) is 0 Å². The third kappa shape index (κ3) is 2.74. The van der Waals surface area contributed by atoms with Gasteiger partial charge in [-0.1, -0.05) is 12.1 Å². The van der Waals surface area contributed by atoms with Crippen molar-refractivity contribution in [3.63, 3.8) is 0 Å². The molecular formula is C10H13NO3. The molecule has 14 heavy (non-hydrogen) atoms. The summed E-state index contributed by atoms with van der Waals surface area (Å²) >= 11 is 0. The minimum Gasteiger partial charge on any atom is -0.462 e. The van der Waals surface area contributed by atoms with Gasteiger partial charge in [-0.25, -0.2) is 4.79 Å². The van der Waals surface area contributed by atoms with Gasteiger partial charge in [-0.05, 0) is 12.1 Å². The molecule has 0 spiro atoms. The Morgan fingerprint density at radius 3 is 2.79 bits per heavy atom. The molecule has 0 saturated heterocycles. The molecule has 3 N–H and O–H groups in total. The number of benzene rings is 1. The van der Waals surface area contributed by atoms with Crippen LogP contribution in [0.25, 0.3) is 0 Å². The summed E-state index contributed by atoms with van der Waals surface area (Å²) in [6.07, 6.45) is 0.443. The molecule has 1 rings (SSSR count). The van der Waals surface area contributed by atoms with Gasteiger partial charge in [-0.3, -0.25) is 0 Å². The fourth-order valence-electron chi connectivity index (χ4n) is 0.990. The van der Waals surface area contributed by atoms with Crippen molar-refractivity contribution in [2.24, 2.45) is 0 Å². The van der Waals surface area contributed by atoms with E-state index in [0.717, 1.165) is 0 Å². The number of hydrogen-bond donors (Lipinski definition) is 2. The largest absolute Gasteiger partial charge is 0.462 e. The van der Waals surface area contributed by atoms with Gasteiger partial charge in [0, 0.05) is 18.7 Å². The number of rotatable bonds is 4. The van der Waals surface area contributed by atoms with Gasteiger partial charge >= 0.3 is 5.97 Å². The lowest BCUT2D eigenvalue weighted by molar-refractivity contribution is 0.0483. The van der Waals surface area contributed by atoms with E-state index < -0.39 is 5.97 Å². The molecule has 0 aliphatic rings. The van der Waals surface area contributed by atoms with Crippen molar-refractivity contribution in [3.8, 4) is 0 Å². The first-order valence-electron chi connectivity index (χ1n) is 4.38. The van der Waals surface area contributed by atoms with E-state index in [1.165, 1.54) is 0 Å². The summed E-state index contributed by atoms with van der Waals surface area (Å²) in [5, 5.41) is 8.49. The van der Waals surface area contributed by atoms with Crippen molar-refractivity contribution >= 4 is 11.7 Å². The first kappa shape index (κ1) is 10.5. The minimum atomic E-state index is -0.448. The van der Waals surface area contributed by atoms with Crippen molar-refractivity contribution < 1.29 is 14.6 Å². The number of carbonyl (C=O) groups excluding carboxylic acids is 1. The van der Waals surface area contributed by atoms with E-state index in [0.29, 0.717) is 17.7 Å². The van der Waals surface area contributed by atoms with Crippen LogP contribution in [0.2, 0.25) is 0 Å². The minimum absolute atomic E-state index is 0.0115. The quantitative estimate of drug-likeness (QED) is 0.423. The summed E-state index contributed by atoms with van der Waals surface area (Å²) in [5.74, 6) is -0.448. The van der Waals surface area contributed by atoms with Crippen LogP contribution in [0.3, 0.4) is 0 Å². The molecule has 0 bridgehead atoms. The fraction of sp³-hybridized carbons (Fsp3) is 0.300. The van der Waals surface area contributed by atoms with Crippen LogP contribution in [-0.2, 0) is 4.74 Å². The third-order valence-electron chi connectivity index (χ3n) is 1.72. The van der Waals surface area contributed by atoms with Crippen molar-refractivity contribution in [2.45, 2.75) is 6.42 Å². The lowest BCUT2D eigenvalue weighted by Gasteiger charge is -2.05. The highest BCUT2D eigenvalue weighted by atomic mass is 16.5. The fourth-order valence-corrected chi connectivity index (χ4v) is 0.990. The Balaban J connectivity index is 2.56. The van der Waals surface area contributed by atoms with E-state index >= 15 is 0 Å². The normalized spacial score (nSPS) is 9.79. The zero-order valence-electron chi connectivity index (χ0n) is 7.77. The van der Waals surface area contributed by atoms with E-state index in [1.54, 1.807) is 24.3 Å². The summed E-state index contributed by atoms with van der Waals surface area (Å²) in [7, 11) is 0. The van der Waals surface area contributed by atoms with Crippen molar-refractivity contribution in [3.05, 3.63) is 29.8 Å².